The van der Waals surface area contributed by atoms with Gasteiger partial charge in [0.05, 0.1) is 6.54 Å². The molecule has 2 N–H and O–H groups in total. The fraction of sp³-hybridized carbons (Fsp3) is 0.500. The normalized spacial score (nSPS) is 17.9. The molecule has 0 aliphatic carbocycles. The van der Waals surface area contributed by atoms with E-state index in [1.54, 1.807) is 19.0 Å². The molecule has 0 aromatic heterocycles. The largest absolute Gasteiger partial charge is 0.368 e. The molecule has 1 aliphatic heterocycles. The Balaban J connectivity index is 1.97. The molecule has 6 nitrogen and oxygen atoms in total. The minimum Gasteiger partial charge on any atom is -0.368 e. The summed E-state index contributed by atoms with van der Waals surface area (Å²) >= 11 is 0. The highest BCUT2D eigenvalue weighted by molar-refractivity contribution is 5.81. The third-order valence-corrected chi connectivity index (χ3v) is 4.01. The summed E-state index contributed by atoms with van der Waals surface area (Å²) in [5.74, 6) is -0.230. The van der Waals surface area contributed by atoms with Crippen LogP contribution in [-0.4, -0.2) is 73.3 Å². The van der Waals surface area contributed by atoms with Gasteiger partial charge in [0.2, 0.25) is 11.8 Å². The Bertz CT molecular complexity index is 510. The molecule has 0 radical (unpaired) electrons. The first-order valence-electron chi connectivity index (χ1n) is 7.50. The van der Waals surface area contributed by atoms with Crippen molar-refractivity contribution in [2.45, 2.75) is 6.04 Å². The Morgan fingerprint density at radius 2 is 1.73 bits per heavy atom. The second-order valence-electron chi connectivity index (χ2n) is 5.82. The summed E-state index contributed by atoms with van der Waals surface area (Å²) in [6.45, 7) is 3.40. The topological polar surface area (TPSA) is 69.9 Å². The van der Waals surface area contributed by atoms with Gasteiger partial charge in [-0.25, -0.2) is 0 Å². The highest BCUT2D eigenvalue weighted by Crippen LogP contribution is 2.21. The second-order valence-corrected chi connectivity index (χ2v) is 5.82. The predicted octanol–water partition coefficient (Wildman–Crippen LogP) is -0.0812. The highest BCUT2D eigenvalue weighted by Gasteiger charge is 2.29. The van der Waals surface area contributed by atoms with Crippen molar-refractivity contribution in [2.24, 2.45) is 5.73 Å². The van der Waals surface area contributed by atoms with Crippen LogP contribution in [0.1, 0.15) is 11.6 Å². The molecule has 1 fully saturated rings. The average molecular weight is 304 g/mol. The SMILES string of the molecule is CN(C)C(=O)CN1CCN([C@@H](C(N)=O)c2ccccc2)CC1. The molecule has 1 saturated heterocycles. The van der Waals surface area contributed by atoms with E-state index in [1.165, 1.54) is 0 Å². The number of benzene rings is 1. The first kappa shape index (κ1) is 16.5. The average Bonchev–Trinajstić information content (AvgIpc) is 2.50. The van der Waals surface area contributed by atoms with Crippen LogP contribution in [0.3, 0.4) is 0 Å². The van der Waals surface area contributed by atoms with Gasteiger partial charge >= 0.3 is 0 Å². The van der Waals surface area contributed by atoms with Gasteiger partial charge in [-0.3, -0.25) is 19.4 Å². The Morgan fingerprint density at radius 3 is 2.23 bits per heavy atom. The molecule has 6 heteroatoms. The van der Waals surface area contributed by atoms with E-state index < -0.39 is 6.04 Å². The van der Waals surface area contributed by atoms with E-state index in [0.717, 1.165) is 31.7 Å². The molecule has 22 heavy (non-hydrogen) atoms. The van der Waals surface area contributed by atoms with Crippen molar-refractivity contribution < 1.29 is 9.59 Å². The first-order valence-corrected chi connectivity index (χ1v) is 7.50. The van der Waals surface area contributed by atoms with Crippen LogP contribution in [0.2, 0.25) is 0 Å². The maximum absolute atomic E-state index is 11.9. The number of hydrogen-bond acceptors (Lipinski definition) is 4. The molecule has 1 aliphatic rings. The lowest BCUT2D eigenvalue weighted by molar-refractivity contribution is -0.131. The summed E-state index contributed by atoms with van der Waals surface area (Å²) in [7, 11) is 3.52. The molecule has 2 amide bonds. The summed E-state index contributed by atoms with van der Waals surface area (Å²) in [6.07, 6.45) is 0. The van der Waals surface area contributed by atoms with Crippen LogP contribution in [0, 0.1) is 0 Å². The van der Waals surface area contributed by atoms with E-state index in [9.17, 15) is 9.59 Å². The summed E-state index contributed by atoms with van der Waals surface area (Å²) in [5, 5.41) is 0. The minimum absolute atomic E-state index is 0.1000. The number of piperazine rings is 1. The van der Waals surface area contributed by atoms with E-state index in [1.807, 2.05) is 30.3 Å². The van der Waals surface area contributed by atoms with Crippen LogP contribution >= 0.6 is 0 Å². The number of nitrogens with zero attached hydrogens (tertiary/aromatic N) is 3. The number of hydrogen-bond donors (Lipinski definition) is 1. The van der Waals surface area contributed by atoms with E-state index >= 15 is 0 Å². The maximum atomic E-state index is 11.9. The van der Waals surface area contributed by atoms with Crippen LogP contribution in [0.4, 0.5) is 0 Å². The zero-order valence-electron chi connectivity index (χ0n) is 13.2. The predicted molar refractivity (Wildman–Crippen MR) is 85.1 cm³/mol. The molecule has 1 atom stereocenters. The van der Waals surface area contributed by atoms with Crippen LogP contribution in [-0.2, 0) is 9.59 Å². The van der Waals surface area contributed by atoms with Gasteiger partial charge in [0.25, 0.3) is 0 Å². The highest BCUT2D eigenvalue weighted by atomic mass is 16.2. The quantitative estimate of drug-likeness (QED) is 0.826. The van der Waals surface area contributed by atoms with E-state index in [4.69, 9.17) is 5.73 Å². The van der Waals surface area contributed by atoms with Crippen LogP contribution in [0.25, 0.3) is 0 Å². The molecule has 0 unspecified atom stereocenters. The number of carbonyl (C=O) groups excluding carboxylic acids is 2. The van der Waals surface area contributed by atoms with Crippen molar-refractivity contribution in [3.05, 3.63) is 35.9 Å². The number of nitrogens with two attached hydrogens (primary N) is 1. The lowest BCUT2D eigenvalue weighted by Crippen LogP contribution is -2.52. The van der Waals surface area contributed by atoms with Gasteiger partial charge in [0.15, 0.2) is 0 Å². The van der Waals surface area contributed by atoms with Crippen LogP contribution < -0.4 is 5.73 Å². The molecule has 120 valence electrons. The van der Waals surface area contributed by atoms with Crippen molar-refractivity contribution >= 4 is 11.8 Å². The lowest BCUT2D eigenvalue weighted by atomic mass is 10.0. The van der Waals surface area contributed by atoms with Gasteiger partial charge in [-0.2, -0.15) is 0 Å². The molecule has 1 aromatic carbocycles. The molecule has 1 aromatic rings. The van der Waals surface area contributed by atoms with Crippen molar-refractivity contribution in [1.29, 1.82) is 0 Å². The Labute approximate surface area is 131 Å². The standard InChI is InChI=1S/C16H24N4O2/c1-18(2)14(21)12-19-8-10-20(11-9-19)15(16(17)22)13-6-4-3-5-7-13/h3-7,15H,8-12H2,1-2H3,(H2,17,22)/t15-/m1/s1. The molecule has 2 rings (SSSR count). The number of carbonyl (C=O) groups is 2. The summed E-state index contributed by atoms with van der Waals surface area (Å²) < 4.78 is 0. The Kier molecular flexibility index (Phi) is 5.51. The van der Waals surface area contributed by atoms with Gasteiger partial charge in [0.1, 0.15) is 6.04 Å². The summed E-state index contributed by atoms with van der Waals surface area (Å²) in [4.78, 5) is 29.4. The van der Waals surface area contributed by atoms with Crippen LogP contribution in [0.15, 0.2) is 30.3 Å². The summed E-state index contributed by atoms with van der Waals surface area (Å²) in [5.41, 5.74) is 6.52. The van der Waals surface area contributed by atoms with Gasteiger partial charge < -0.3 is 10.6 Å². The maximum Gasteiger partial charge on any atom is 0.239 e. The number of primary amides is 1. The first-order chi connectivity index (χ1) is 10.5. The van der Waals surface area contributed by atoms with Gasteiger partial charge in [-0.1, -0.05) is 30.3 Å². The third kappa shape index (κ3) is 4.05. The van der Waals surface area contributed by atoms with E-state index in [0.29, 0.717) is 6.54 Å². The van der Waals surface area contributed by atoms with Crippen molar-refractivity contribution in [3.8, 4) is 0 Å². The molecular weight excluding hydrogens is 280 g/mol. The smallest absolute Gasteiger partial charge is 0.239 e. The van der Waals surface area contributed by atoms with Crippen molar-refractivity contribution in [2.75, 3.05) is 46.8 Å². The fourth-order valence-electron chi connectivity index (χ4n) is 2.70. The van der Waals surface area contributed by atoms with Gasteiger partial charge in [-0.05, 0) is 5.56 Å². The van der Waals surface area contributed by atoms with Crippen molar-refractivity contribution in [3.63, 3.8) is 0 Å². The number of rotatable bonds is 5. The molecule has 0 bridgehead atoms. The fourth-order valence-corrected chi connectivity index (χ4v) is 2.70. The van der Waals surface area contributed by atoms with Gasteiger partial charge in [0, 0.05) is 40.3 Å². The van der Waals surface area contributed by atoms with Gasteiger partial charge in [-0.15, -0.1) is 0 Å². The number of amides is 2. The van der Waals surface area contributed by atoms with Crippen LogP contribution in [0.5, 0.6) is 0 Å². The monoisotopic (exact) mass is 304 g/mol. The summed E-state index contributed by atoms with van der Waals surface area (Å²) in [6, 6.07) is 9.21. The molecular formula is C16H24N4O2. The zero-order valence-corrected chi connectivity index (χ0v) is 13.2. The molecule has 0 spiro atoms. The zero-order chi connectivity index (χ0) is 16.1. The van der Waals surface area contributed by atoms with E-state index in [-0.39, 0.29) is 11.8 Å². The number of likely N-dealkylation sites (N-methyl/N-ethyl adjacent to an activating group) is 1. The molecule has 0 saturated carbocycles. The Hall–Kier alpha value is -1.92. The minimum atomic E-state index is -0.395. The molecule has 1 heterocycles. The third-order valence-electron chi connectivity index (χ3n) is 4.01. The second kappa shape index (κ2) is 7.38. The van der Waals surface area contributed by atoms with E-state index in [2.05, 4.69) is 9.80 Å². The lowest BCUT2D eigenvalue weighted by Gasteiger charge is -2.38. The van der Waals surface area contributed by atoms with Crippen molar-refractivity contribution in [1.82, 2.24) is 14.7 Å². The Morgan fingerprint density at radius 1 is 1.14 bits per heavy atom.